The highest BCUT2D eigenvalue weighted by Gasteiger charge is 1.95. The van der Waals surface area contributed by atoms with E-state index in [0.717, 1.165) is 44.2 Å². The maximum atomic E-state index is 5.44. The van der Waals surface area contributed by atoms with Crippen LogP contribution in [0.25, 0.3) is 0 Å². The van der Waals surface area contributed by atoms with Gasteiger partial charge in [0.2, 0.25) is 0 Å². The van der Waals surface area contributed by atoms with Gasteiger partial charge in [-0.2, -0.15) is 11.8 Å². The van der Waals surface area contributed by atoms with E-state index < -0.39 is 0 Å². The normalized spacial score (nSPS) is 10.6. The van der Waals surface area contributed by atoms with E-state index >= 15 is 0 Å². The van der Waals surface area contributed by atoms with Crippen molar-refractivity contribution in [2.75, 3.05) is 37.7 Å². The smallest absolute Gasteiger partial charge is 0.119 e. The third-order valence-electron chi connectivity index (χ3n) is 2.73. The summed E-state index contributed by atoms with van der Waals surface area (Å²) >= 11 is 1.93. The van der Waals surface area contributed by atoms with Crippen LogP contribution in [0.3, 0.4) is 0 Å². The summed E-state index contributed by atoms with van der Waals surface area (Å²) in [5.41, 5.74) is 6.79. The van der Waals surface area contributed by atoms with Crippen LogP contribution in [-0.2, 0) is 6.42 Å². The minimum atomic E-state index is 0.725. The standard InChI is InChI=1S/C15H26N2OS/c1-2-18-15-6-4-14(5-7-15)8-11-17-10-3-12-19-13-9-16/h4-7,17H,2-3,8-13,16H2,1H3. The molecule has 0 saturated carbocycles. The molecule has 19 heavy (non-hydrogen) atoms. The van der Waals surface area contributed by atoms with Crippen LogP contribution in [0, 0.1) is 0 Å². The third-order valence-corrected chi connectivity index (χ3v) is 3.83. The van der Waals surface area contributed by atoms with Crippen molar-refractivity contribution in [3.05, 3.63) is 29.8 Å². The molecule has 0 saturated heterocycles. The number of ether oxygens (including phenoxy) is 1. The Bertz CT molecular complexity index is 316. The van der Waals surface area contributed by atoms with Crippen molar-refractivity contribution in [2.45, 2.75) is 19.8 Å². The third kappa shape index (κ3) is 8.14. The van der Waals surface area contributed by atoms with Crippen molar-refractivity contribution < 1.29 is 4.74 Å². The van der Waals surface area contributed by atoms with E-state index in [1.165, 1.54) is 17.7 Å². The van der Waals surface area contributed by atoms with Gasteiger partial charge in [0.25, 0.3) is 0 Å². The predicted octanol–water partition coefficient (Wildman–Crippen LogP) is 2.30. The highest BCUT2D eigenvalue weighted by atomic mass is 32.2. The van der Waals surface area contributed by atoms with Gasteiger partial charge in [-0.1, -0.05) is 12.1 Å². The van der Waals surface area contributed by atoms with Gasteiger partial charge < -0.3 is 15.8 Å². The lowest BCUT2D eigenvalue weighted by Gasteiger charge is -2.06. The summed E-state index contributed by atoms with van der Waals surface area (Å²) in [6, 6.07) is 8.37. The fourth-order valence-electron chi connectivity index (χ4n) is 1.76. The zero-order chi connectivity index (χ0) is 13.8. The highest BCUT2D eigenvalue weighted by molar-refractivity contribution is 7.99. The van der Waals surface area contributed by atoms with Crippen molar-refractivity contribution in [3.63, 3.8) is 0 Å². The summed E-state index contributed by atoms with van der Waals surface area (Å²) in [4.78, 5) is 0. The Morgan fingerprint density at radius 2 is 1.95 bits per heavy atom. The first-order chi connectivity index (χ1) is 9.36. The summed E-state index contributed by atoms with van der Waals surface area (Å²) in [6.07, 6.45) is 2.29. The van der Waals surface area contributed by atoms with E-state index in [-0.39, 0.29) is 0 Å². The first-order valence-electron chi connectivity index (χ1n) is 7.07. The molecule has 0 bridgehead atoms. The van der Waals surface area contributed by atoms with Gasteiger partial charge in [-0.25, -0.2) is 0 Å². The SMILES string of the molecule is CCOc1ccc(CCNCCCSCCN)cc1. The molecule has 3 N–H and O–H groups in total. The number of nitrogens with two attached hydrogens (primary N) is 1. The van der Waals surface area contributed by atoms with Crippen LogP contribution in [0.1, 0.15) is 18.9 Å². The van der Waals surface area contributed by atoms with E-state index in [9.17, 15) is 0 Å². The van der Waals surface area contributed by atoms with Gasteiger partial charge >= 0.3 is 0 Å². The zero-order valence-electron chi connectivity index (χ0n) is 11.9. The number of hydrogen-bond donors (Lipinski definition) is 2. The molecule has 1 rings (SSSR count). The summed E-state index contributed by atoms with van der Waals surface area (Å²) < 4.78 is 5.42. The zero-order valence-corrected chi connectivity index (χ0v) is 12.7. The average Bonchev–Trinajstić information content (AvgIpc) is 2.44. The lowest BCUT2D eigenvalue weighted by Crippen LogP contribution is -2.19. The summed E-state index contributed by atoms with van der Waals surface area (Å²) in [5.74, 6) is 3.23. The molecule has 0 aliphatic rings. The van der Waals surface area contributed by atoms with Gasteiger partial charge in [-0.05, 0) is 56.3 Å². The number of hydrogen-bond acceptors (Lipinski definition) is 4. The fourth-order valence-corrected chi connectivity index (χ4v) is 2.48. The van der Waals surface area contributed by atoms with Crippen LogP contribution >= 0.6 is 11.8 Å². The molecule has 1 aromatic carbocycles. The van der Waals surface area contributed by atoms with Crippen molar-refractivity contribution in [1.82, 2.24) is 5.32 Å². The van der Waals surface area contributed by atoms with Gasteiger partial charge in [0.05, 0.1) is 6.61 Å². The molecular formula is C15H26N2OS. The lowest BCUT2D eigenvalue weighted by molar-refractivity contribution is 0.340. The number of rotatable bonds is 11. The molecule has 108 valence electrons. The fraction of sp³-hybridized carbons (Fsp3) is 0.600. The molecule has 0 heterocycles. The van der Waals surface area contributed by atoms with Crippen molar-refractivity contribution >= 4 is 11.8 Å². The first kappa shape index (κ1) is 16.3. The van der Waals surface area contributed by atoms with Gasteiger partial charge in [-0.3, -0.25) is 0 Å². The van der Waals surface area contributed by atoms with E-state index in [0.29, 0.717) is 0 Å². The van der Waals surface area contributed by atoms with Gasteiger partial charge in [-0.15, -0.1) is 0 Å². The predicted molar refractivity (Wildman–Crippen MR) is 85.2 cm³/mol. The van der Waals surface area contributed by atoms with E-state index in [2.05, 4.69) is 17.4 Å². The Labute approximate surface area is 121 Å². The minimum Gasteiger partial charge on any atom is -0.494 e. The molecule has 0 fully saturated rings. The Hall–Kier alpha value is -0.710. The monoisotopic (exact) mass is 282 g/mol. The Morgan fingerprint density at radius 1 is 1.16 bits per heavy atom. The number of nitrogens with one attached hydrogen (secondary N) is 1. The molecule has 1 aromatic rings. The Kier molecular flexibility index (Phi) is 9.59. The van der Waals surface area contributed by atoms with Crippen LogP contribution in [0.15, 0.2) is 24.3 Å². The van der Waals surface area contributed by atoms with Crippen molar-refractivity contribution in [3.8, 4) is 5.75 Å². The first-order valence-corrected chi connectivity index (χ1v) is 8.22. The lowest BCUT2D eigenvalue weighted by atomic mass is 10.1. The molecule has 0 aliphatic carbocycles. The highest BCUT2D eigenvalue weighted by Crippen LogP contribution is 2.12. The van der Waals surface area contributed by atoms with Gasteiger partial charge in [0, 0.05) is 12.3 Å². The molecule has 0 aliphatic heterocycles. The van der Waals surface area contributed by atoms with E-state index in [4.69, 9.17) is 10.5 Å². The second-order valence-corrected chi connectivity index (χ2v) is 5.56. The Morgan fingerprint density at radius 3 is 2.63 bits per heavy atom. The van der Waals surface area contributed by atoms with Gasteiger partial charge in [0.1, 0.15) is 5.75 Å². The molecule has 0 aromatic heterocycles. The average molecular weight is 282 g/mol. The quantitative estimate of drug-likeness (QED) is 0.611. The second kappa shape index (κ2) is 11.1. The number of thioether (sulfide) groups is 1. The maximum absolute atomic E-state index is 5.44. The summed E-state index contributed by atoms with van der Waals surface area (Å²) in [7, 11) is 0. The molecule has 3 nitrogen and oxygen atoms in total. The maximum Gasteiger partial charge on any atom is 0.119 e. The Balaban J connectivity index is 2.02. The molecule has 0 radical (unpaired) electrons. The topological polar surface area (TPSA) is 47.3 Å². The van der Waals surface area contributed by atoms with Crippen LogP contribution in [0.4, 0.5) is 0 Å². The summed E-state index contributed by atoms with van der Waals surface area (Å²) in [6.45, 7) is 5.65. The van der Waals surface area contributed by atoms with Crippen molar-refractivity contribution in [1.29, 1.82) is 0 Å². The molecule has 0 amide bonds. The molecule has 0 unspecified atom stereocenters. The largest absolute Gasteiger partial charge is 0.494 e. The van der Waals surface area contributed by atoms with Crippen LogP contribution < -0.4 is 15.8 Å². The second-order valence-electron chi connectivity index (χ2n) is 4.33. The van der Waals surface area contributed by atoms with E-state index in [1.54, 1.807) is 0 Å². The molecular weight excluding hydrogens is 256 g/mol. The van der Waals surface area contributed by atoms with Crippen LogP contribution in [-0.4, -0.2) is 37.7 Å². The van der Waals surface area contributed by atoms with Crippen LogP contribution in [0.2, 0.25) is 0 Å². The molecule has 4 heteroatoms. The van der Waals surface area contributed by atoms with Crippen molar-refractivity contribution in [2.24, 2.45) is 5.73 Å². The number of benzene rings is 1. The van der Waals surface area contributed by atoms with Gasteiger partial charge in [0.15, 0.2) is 0 Å². The summed E-state index contributed by atoms with van der Waals surface area (Å²) in [5, 5.41) is 3.47. The van der Waals surface area contributed by atoms with E-state index in [1.807, 2.05) is 30.8 Å². The minimum absolute atomic E-state index is 0.725. The molecule has 0 spiro atoms. The molecule has 0 atom stereocenters. The van der Waals surface area contributed by atoms with Crippen LogP contribution in [0.5, 0.6) is 5.75 Å².